The number of hydrogen-bond acceptors (Lipinski definition) is 2. The van der Waals surface area contributed by atoms with Crippen LogP contribution in [0.15, 0.2) is 0 Å². The van der Waals surface area contributed by atoms with E-state index in [2.05, 4.69) is 45.3 Å². The maximum Gasteiger partial charge on any atom is 0.315 e. The minimum atomic E-state index is -0.812. The van der Waals surface area contributed by atoms with Crippen molar-refractivity contribution in [3.63, 3.8) is 0 Å². The second kappa shape index (κ2) is 9.64. The Morgan fingerprint density at radius 3 is 2.00 bits per heavy atom. The highest BCUT2D eigenvalue weighted by atomic mass is 16.4. The third-order valence-corrected chi connectivity index (χ3v) is 4.23. The Labute approximate surface area is 128 Å². The molecule has 0 aliphatic carbocycles. The lowest BCUT2D eigenvalue weighted by molar-refractivity contribution is -0.138. The molecular formula is C16H32N2O3. The maximum absolute atomic E-state index is 12.0. The molecule has 0 aromatic heterocycles. The van der Waals surface area contributed by atoms with Crippen LogP contribution in [-0.2, 0) is 4.79 Å². The molecule has 2 amide bonds. The van der Waals surface area contributed by atoms with E-state index < -0.39 is 5.97 Å². The molecule has 0 saturated heterocycles. The van der Waals surface area contributed by atoms with Gasteiger partial charge in [0.2, 0.25) is 0 Å². The zero-order valence-electron chi connectivity index (χ0n) is 14.2. The number of urea groups is 1. The molecule has 0 heterocycles. The van der Waals surface area contributed by atoms with Crippen LogP contribution in [0.4, 0.5) is 4.79 Å². The fourth-order valence-corrected chi connectivity index (χ4v) is 2.69. The SMILES string of the molecule is CCC(CC)(CC)NC(=O)NC[C@H](CC(=O)O)CC(C)C. The second-order valence-electron chi connectivity index (χ2n) is 6.27. The average molecular weight is 300 g/mol. The third kappa shape index (κ3) is 7.93. The summed E-state index contributed by atoms with van der Waals surface area (Å²) in [6.07, 6.45) is 3.56. The number of carboxylic acid groups (broad SMARTS) is 1. The number of nitrogens with one attached hydrogen (secondary N) is 2. The van der Waals surface area contributed by atoms with Crippen LogP contribution in [0.1, 0.15) is 66.7 Å². The van der Waals surface area contributed by atoms with Crippen molar-refractivity contribution >= 4 is 12.0 Å². The van der Waals surface area contributed by atoms with Crippen molar-refractivity contribution in [2.45, 2.75) is 72.3 Å². The number of aliphatic carboxylic acids is 1. The van der Waals surface area contributed by atoms with Gasteiger partial charge in [0.25, 0.3) is 0 Å². The van der Waals surface area contributed by atoms with Gasteiger partial charge in [0.1, 0.15) is 0 Å². The summed E-state index contributed by atoms with van der Waals surface area (Å²) in [7, 11) is 0. The topological polar surface area (TPSA) is 78.4 Å². The number of carbonyl (C=O) groups is 2. The quantitative estimate of drug-likeness (QED) is 0.578. The van der Waals surface area contributed by atoms with Crippen molar-refractivity contribution in [2.75, 3.05) is 6.54 Å². The minimum absolute atomic E-state index is 0.0208. The number of carbonyl (C=O) groups excluding carboxylic acids is 1. The molecule has 0 aliphatic heterocycles. The van der Waals surface area contributed by atoms with Crippen LogP contribution in [0.3, 0.4) is 0 Å². The Kier molecular flexibility index (Phi) is 9.06. The van der Waals surface area contributed by atoms with E-state index >= 15 is 0 Å². The molecule has 0 aromatic rings. The molecular weight excluding hydrogens is 268 g/mol. The lowest BCUT2D eigenvalue weighted by atomic mass is 9.90. The largest absolute Gasteiger partial charge is 0.481 e. The van der Waals surface area contributed by atoms with Gasteiger partial charge in [0, 0.05) is 18.5 Å². The molecule has 0 bridgehead atoms. The van der Waals surface area contributed by atoms with Crippen LogP contribution in [0.2, 0.25) is 0 Å². The van der Waals surface area contributed by atoms with Gasteiger partial charge in [0.15, 0.2) is 0 Å². The van der Waals surface area contributed by atoms with Gasteiger partial charge in [0.05, 0.1) is 0 Å². The number of carboxylic acids is 1. The fourth-order valence-electron chi connectivity index (χ4n) is 2.69. The van der Waals surface area contributed by atoms with E-state index in [9.17, 15) is 9.59 Å². The van der Waals surface area contributed by atoms with Crippen molar-refractivity contribution < 1.29 is 14.7 Å². The molecule has 0 unspecified atom stereocenters. The smallest absolute Gasteiger partial charge is 0.315 e. The van der Waals surface area contributed by atoms with Crippen LogP contribution in [0.25, 0.3) is 0 Å². The molecule has 21 heavy (non-hydrogen) atoms. The summed E-state index contributed by atoms with van der Waals surface area (Å²) in [6, 6.07) is -0.195. The number of hydrogen-bond donors (Lipinski definition) is 3. The van der Waals surface area contributed by atoms with Crippen molar-refractivity contribution in [1.29, 1.82) is 0 Å². The van der Waals surface area contributed by atoms with Gasteiger partial charge in [-0.05, 0) is 37.5 Å². The number of rotatable bonds is 10. The Hall–Kier alpha value is -1.26. The van der Waals surface area contributed by atoms with E-state index in [-0.39, 0.29) is 23.9 Å². The number of amides is 2. The summed E-state index contributed by atoms with van der Waals surface area (Å²) in [5.74, 6) is -0.416. The van der Waals surface area contributed by atoms with Crippen molar-refractivity contribution in [1.82, 2.24) is 10.6 Å². The van der Waals surface area contributed by atoms with Gasteiger partial charge >= 0.3 is 12.0 Å². The first-order chi connectivity index (χ1) is 9.78. The minimum Gasteiger partial charge on any atom is -0.481 e. The molecule has 124 valence electrons. The zero-order valence-corrected chi connectivity index (χ0v) is 14.2. The Morgan fingerprint density at radius 2 is 1.62 bits per heavy atom. The fraction of sp³-hybridized carbons (Fsp3) is 0.875. The summed E-state index contributed by atoms with van der Waals surface area (Å²) < 4.78 is 0. The van der Waals surface area contributed by atoms with Crippen LogP contribution >= 0.6 is 0 Å². The standard InChI is InChI=1S/C16H32N2O3/c1-6-16(7-2,8-3)18-15(21)17-11-13(9-12(4)5)10-14(19)20/h12-13H,6-11H2,1-5H3,(H,19,20)(H2,17,18,21)/t13-/m0/s1. The molecule has 0 aliphatic rings. The summed E-state index contributed by atoms with van der Waals surface area (Å²) in [6.45, 7) is 10.7. The maximum atomic E-state index is 12.0. The van der Waals surface area contributed by atoms with E-state index in [1.54, 1.807) is 0 Å². The molecule has 0 radical (unpaired) electrons. The highest BCUT2D eigenvalue weighted by molar-refractivity contribution is 5.75. The van der Waals surface area contributed by atoms with Crippen LogP contribution in [-0.4, -0.2) is 29.2 Å². The van der Waals surface area contributed by atoms with E-state index in [0.717, 1.165) is 25.7 Å². The second-order valence-corrected chi connectivity index (χ2v) is 6.27. The Morgan fingerprint density at radius 1 is 1.10 bits per heavy atom. The molecule has 0 aromatic carbocycles. The summed E-state index contributed by atoms with van der Waals surface area (Å²) in [5.41, 5.74) is -0.162. The molecule has 3 N–H and O–H groups in total. The average Bonchev–Trinajstić information content (AvgIpc) is 2.41. The summed E-state index contributed by atoms with van der Waals surface area (Å²) >= 11 is 0. The van der Waals surface area contributed by atoms with Gasteiger partial charge in [-0.1, -0.05) is 34.6 Å². The van der Waals surface area contributed by atoms with Gasteiger partial charge in [-0.25, -0.2) is 4.79 Å². The monoisotopic (exact) mass is 300 g/mol. The lowest BCUT2D eigenvalue weighted by Gasteiger charge is -2.32. The third-order valence-electron chi connectivity index (χ3n) is 4.23. The highest BCUT2D eigenvalue weighted by Gasteiger charge is 2.26. The lowest BCUT2D eigenvalue weighted by Crippen LogP contribution is -2.52. The summed E-state index contributed by atoms with van der Waals surface area (Å²) in [5, 5.41) is 14.8. The molecule has 0 fully saturated rings. The van der Waals surface area contributed by atoms with Gasteiger partial charge in [-0.15, -0.1) is 0 Å². The molecule has 5 heteroatoms. The van der Waals surface area contributed by atoms with E-state index in [4.69, 9.17) is 5.11 Å². The Bertz CT molecular complexity index is 317. The first kappa shape index (κ1) is 19.7. The predicted molar refractivity (Wildman–Crippen MR) is 85.3 cm³/mol. The molecule has 5 nitrogen and oxygen atoms in total. The van der Waals surface area contributed by atoms with Gasteiger partial charge in [-0.3, -0.25) is 4.79 Å². The van der Waals surface area contributed by atoms with Crippen LogP contribution in [0.5, 0.6) is 0 Å². The first-order valence-electron chi connectivity index (χ1n) is 8.06. The molecule has 0 rings (SSSR count). The van der Waals surface area contributed by atoms with Crippen LogP contribution in [0, 0.1) is 11.8 Å². The van der Waals surface area contributed by atoms with Crippen molar-refractivity contribution in [3.05, 3.63) is 0 Å². The normalized spacial score (nSPS) is 13.0. The predicted octanol–water partition coefficient (Wildman–Crippen LogP) is 3.39. The molecule has 1 atom stereocenters. The van der Waals surface area contributed by atoms with E-state index in [1.807, 2.05) is 0 Å². The van der Waals surface area contributed by atoms with E-state index in [1.165, 1.54) is 0 Å². The molecule has 0 spiro atoms. The highest BCUT2D eigenvalue weighted by Crippen LogP contribution is 2.19. The zero-order chi connectivity index (χ0) is 16.5. The Balaban J connectivity index is 4.44. The van der Waals surface area contributed by atoms with Crippen LogP contribution < -0.4 is 10.6 Å². The first-order valence-corrected chi connectivity index (χ1v) is 8.06. The van der Waals surface area contributed by atoms with Gasteiger partial charge in [-0.2, -0.15) is 0 Å². The van der Waals surface area contributed by atoms with E-state index in [0.29, 0.717) is 12.5 Å². The van der Waals surface area contributed by atoms with Crippen molar-refractivity contribution in [3.8, 4) is 0 Å². The summed E-state index contributed by atoms with van der Waals surface area (Å²) in [4.78, 5) is 22.9. The molecule has 0 saturated carbocycles. The van der Waals surface area contributed by atoms with Gasteiger partial charge < -0.3 is 15.7 Å². The van der Waals surface area contributed by atoms with Crippen molar-refractivity contribution in [2.24, 2.45) is 11.8 Å².